The van der Waals surface area contributed by atoms with Crippen LogP contribution in [0.2, 0.25) is 0 Å². The molecule has 35 rings (SSSR count). The summed E-state index contributed by atoms with van der Waals surface area (Å²) in [5.74, 6) is -1.64. The van der Waals surface area contributed by atoms with Crippen LogP contribution in [0, 0.1) is 0 Å². The second-order valence-corrected chi connectivity index (χ2v) is 28.5. The molecule has 30 aromatic rings. The van der Waals surface area contributed by atoms with Gasteiger partial charge in [-0.05, 0) is 335 Å². The first-order valence-electron chi connectivity index (χ1n) is 29.4. The van der Waals surface area contributed by atoms with Gasteiger partial charge in [-0.3, -0.25) is 9.59 Å². The molecular formula is C77H14O4. The zero-order valence-corrected chi connectivity index (χ0v) is 41.2. The van der Waals surface area contributed by atoms with E-state index in [4.69, 9.17) is 0 Å². The van der Waals surface area contributed by atoms with Crippen LogP contribution in [0.4, 0.5) is 0 Å². The highest BCUT2D eigenvalue weighted by Crippen LogP contribution is 2.97. The van der Waals surface area contributed by atoms with Gasteiger partial charge in [0, 0.05) is 0 Å². The van der Waals surface area contributed by atoms with Crippen molar-refractivity contribution in [1.82, 2.24) is 0 Å². The summed E-state index contributed by atoms with van der Waals surface area (Å²) in [6, 6.07) is 18.1. The molecule has 0 aliphatic heterocycles. The molecule has 0 unspecified atom stereocenters. The summed E-state index contributed by atoms with van der Waals surface area (Å²) in [6.45, 7) is 0. The van der Waals surface area contributed by atoms with E-state index in [1.54, 1.807) is 313 Å². The SMILES string of the molecule is O=C(O)Cc1ccc(C2(c3ccc(CC(=O)O)cc3)C34c5c6c7c8c9c%10c(c%11c%12c3c3c5c5c%13c6c6c7c7c9c9c%14c%10c%10c%11c%11c%12c%12c3c3c5c5c%13c%13c6c6c7c9c7c9c%14c%10c%10c%11c%11c%12c3c3c5c5c%13c6c7c6c9c%10c%11c3c56)C824)cc1. The van der Waals surface area contributed by atoms with E-state index in [0.29, 0.717) is 0 Å². The highest BCUT2D eigenvalue weighted by atomic mass is 16.4. The van der Waals surface area contributed by atoms with E-state index in [9.17, 15) is 19.8 Å². The van der Waals surface area contributed by atoms with Crippen LogP contribution in [0.25, 0.3) is 291 Å². The van der Waals surface area contributed by atoms with Crippen LogP contribution in [0.3, 0.4) is 0 Å². The van der Waals surface area contributed by atoms with Gasteiger partial charge < -0.3 is 10.2 Å². The Morgan fingerprint density at radius 3 is 0.481 bits per heavy atom. The Bertz CT molecular complexity index is 7470. The highest BCUT2D eigenvalue weighted by Gasteiger charge is 2.95. The summed E-state index contributed by atoms with van der Waals surface area (Å²) in [7, 11) is 0. The summed E-state index contributed by atoms with van der Waals surface area (Å²) in [6.07, 6.45) is -0.0653. The molecule has 1 fully saturated rings. The number of hydrogen-bond acceptors (Lipinski definition) is 2. The van der Waals surface area contributed by atoms with Gasteiger partial charge in [-0.2, -0.15) is 0 Å². The van der Waals surface area contributed by atoms with Gasteiger partial charge in [0.2, 0.25) is 0 Å². The predicted molar refractivity (Wildman–Crippen MR) is 330 cm³/mol. The Hall–Kier alpha value is -10.2. The molecule has 0 radical (unpaired) electrons. The first-order chi connectivity index (χ1) is 40.0. The van der Waals surface area contributed by atoms with Crippen LogP contribution in [0.5, 0.6) is 0 Å². The van der Waals surface area contributed by atoms with Gasteiger partial charge in [-0.1, -0.05) is 48.5 Å². The molecule has 1 saturated carbocycles. The molecule has 0 aromatic heterocycles. The van der Waals surface area contributed by atoms with Crippen molar-refractivity contribution in [2.24, 2.45) is 0 Å². The number of carboxylic acids is 2. The van der Waals surface area contributed by atoms with Crippen molar-refractivity contribution in [1.29, 1.82) is 0 Å². The van der Waals surface area contributed by atoms with Crippen LogP contribution in [0.15, 0.2) is 48.5 Å². The van der Waals surface area contributed by atoms with Gasteiger partial charge in [0.25, 0.3) is 0 Å². The Balaban J connectivity index is 1.04. The molecule has 346 valence electrons. The summed E-state index contributed by atoms with van der Waals surface area (Å²) in [5, 5.41) is 105. The van der Waals surface area contributed by atoms with Crippen LogP contribution >= 0.6 is 0 Å². The second kappa shape index (κ2) is 7.52. The molecule has 0 amide bonds. The minimum absolute atomic E-state index is 0.0327. The molecule has 4 heteroatoms. The third-order valence-corrected chi connectivity index (χ3v) is 27.9. The first-order valence-corrected chi connectivity index (χ1v) is 29.4. The van der Waals surface area contributed by atoms with E-state index in [0.717, 1.165) is 11.1 Å². The van der Waals surface area contributed by atoms with Crippen molar-refractivity contribution in [3.8, 4) is 0 Å². The minimum atomic E-state index is -0.818. The monoisotopic (exact) mass is 1000 g/mol. The number of benzene rings is 20. The molecule has 2 N–H and O–H groups in total. The lowest BCUT2D eigenvalue weighted by atomic mass is 9.68. The fourth-order valence-corrected chi connectivity index (χ4v) is 27.7. The summed E-state index contributed by atoms with van der Waals surface area (Å²) in [4.78, 5) is 25.2. The molecule has 0 bridgehead atoms. The van der Waals surface area contributed by atoms with Crippen molar-refractivity contribution in [2.45, 2.75) is 29.1 Å². The highest BCUT2D eigenvalue weighted by molar-refractivity contribution is 6.82. The summed E-state index contributed by atoms with van der Waals surface area (Å²) >= 11 is 0. The lowest BCUT2D eigenvalue weighted by molar-refractivity contribution is -0.137. The third kappa shape index (κ3) is 1.83. The van der Waals surface area contributed by atoms with Crippen molar-refractivity contribution < 1.29 is 19.8 Å². The maximum Gasteiger partial charge on any atom is 0.307 e. The van der Waals surface area contributed by atoms with Crippen molar-refractivity contribution >= 4 is 303 Å². The third-order valence-electron chi connectivity index (χ3n) is 27.9. The van der Waals surface area contributed by atoms with Gasteiger partial charge in [-0.15, -0.1) is 0 Å². The fourth-order valence-electron chi connectivity index (χ4n) is 27.7. The zero-order valence-electron chi connectivity index (χ0n) is 41.2. The van der Waals surface area contributed by atoms with Crippen LogP contribution < -0.4 is 0 Å². The van der Waals surface area contributed by atoms with Gasteiger partial charge in [0.15, 0.2) is 0 Å². The molecule has 0 atom stereocenters. The molecule has 5 aliphatic carbocycles. The Morgan fingerprint density at radius 1 is 0.210 bits per heavy atom. The number of carboxylic acid groups (broad SMARTS) is 2. The lowest BCUT2D eigenvalue weighted by Crippen LogP contribution is -2.27. The fraction of sp³-hybridized carbons (Fsp3) is 0.0649. The summed E-state index contributed by atoms with van der Waals surface area (Å²) < 4.78 is 0. The molecule has 5 aliphatic rings. The number of aliphatic carboxylic acids is 2. The van der Waals surface area contributed by atoms with Crippen LogP contribution in [-0.4, -0.2) is 22.2 Å². The normalized spacial score (nSPS) is 19.0. The molecular weight excluding hydrogens is 989 g/mol. The molecule has 2 spiro atoms. The van der Waals surface area contributed by atoms with Gasteiger partial charge in [0.1, 0.15) is 0 Å². The maximum absolute atomic E-state index is 12.6. The van der Waals surface area contributed by atoms with E-state index < -0.39 is 28.2 Å². The Morgan fingerprint density at radius 2 is 0.346 bits per heavy atom. The zero-order chi connectivity index (χ0) is 49.5. The van der Waals surface area contributed by atoms with Crippen LogP contribution in [0.1, 0.15) is 44.5 Å². The quantitative estimate of drug-likeness (QED) is 0.163. The van der Waals surface area contributed by atoms with Gasteiger partial charge in [-0.25, -0.2) is 0 Å². The predicted octanol–water partition coefficient (Wildman–Crippen LogP) is 18.5. The molecule has 4 nitrogen and oxygen atoms in total. The van der Waals surface area contributed by atoms with Crippen molar-refractivity contribution in [3.63, 3.8) is 0 Å². The second-order valence-electron chi connectivity index (χ2n) is 28.5. The van der Waals surface area contributed by atoms with E-state index in [2.05, 4.69) is 48.5 Å². The minimum Gasteiger partial charge on any atom is -0.481 e. The average molecular weight is 1000 g/mol. The van der Waals surface area contributed by atoms with Crippen molar-refractivity contribution in [3.05, 3.63) is 93.0 Å². The smallest absolute Gasteiger partial charge is 0.307 e. The topological polar surface area (TPSA) is 74.6 Å². The lowest BCUT2D eigenvalue weighted by Gasteiger charge is -2.32. The average Bonchev–Trinajstić information content (AvgIpc) is 1.37. The van der Waals surface area contributed by atoms with Crippen molar-refractivity contribution in [2.75, 3.05) is 0 Å². The molecule has 0 heterocycles. The molecule has 81 heavy (non-hydrogen) atoms. The van der Waals surface area contributed by atoms with E-state index >= 15 is 0 Å². The van der Waals surface area contributed by atoms with E-state index in [1.807, 2.05) is 0 Å². The number of hydrogen-bond donors (Lipinski definition) is 2. The number of carbonyl (C=O) groups is 2. The first kappa shape index (κ1) is 32.0. The van der Waals surface area contributed by atoms with Gasteiger partial charge >= 0.3 is 11.9 Å². The summed E-state index contributed by atoms with van der Waals surface area (Å²) in [5.41, 5.74) is 8.58. The van der Waals surface area contributed by atoms with Gasteiger partial charge in [0.05, 0.1) is 29.1 Å². The largest absolute Gasteiger partial charge is 0.481 e. The number of rotatable bonds is 6. The maximum atomic E-state index is 12.6. The molecule has 30 aromatic carbocycles. The molecule has 0 saturated heterocycles. The standard InChI is InChI=1S/C77H14O4/c78-15(79)9-11-1-5-13(6-2-11)75(14-7-3-12(4-8-14)10-16(80)81)76-71-63-55-45-35-27-19-17-18-21-25-23(19)31-39-33(25)43-37-29(21)30-22(18)26-24-20(17)28(27)36-42-32(24)40-34(26)44-38(30)48-47(37)57-51(43)61-53(39)59(49(55)41(31)35)67(71)69(61)73-65(57)66-58(48)52(44)62-54(40)60-50(42)56(46(36)45)64(63)72(76)68(60)70(62)74(66)77(73,75)76/h1-8H,9-10H2,(H,78,79)(H,80,81). The van der Waals surface area contributed by atoms with Crippen LogP contribution in [-0.2, 0) is 38.7 Å². The van der Waals surface area contributed by atoms with E-state index in [1.165, 1.54) is 11.1 Å². The Labute approximate surface area is 442 Å². The van der Waals surface area contributed by atoms with E-state index in [-0.39, 0.29) is 12.8 Å². The Kier molecular flexibility index (Phi) is 2.97.